The quantitative estimate of drug-likeness (QED) is 0.0275. The van der Waals surface area contributed by atoms with Crippen LogP contribution >= 0.6 is 0 Å². The molecule has 0 aliphatic rings. The predicted octanol–water partition coefficient (Wildman–Crippen LogP) is 9.16. The van der Waals surface area contributed by atoms with Crippen molar-refractivity contribution in [2.75, 3.05) is 34.4 Å². The van der Waals surface area contributed by atoms with Gasteiger partial charge in [0.1, 0.15) is 42.3 Å². The van der Waals surface area contributed by atoms with Gasteiger partial charge in [0.15, 0.2) is 0 Å². The van der Waals surface area contributed by atoms with E-state index in [1.165, 1.54) is 84.9 Å². The fourth-order valence-electron chi connectivity index (χ4n) is 6.55. The minimum Gasteiger partial charge on any atom is -0.399 e. The summed E-state index contributed by atoms with van der Waals surface area (Å²) in [5.74, 6) is 0. The van der Waals surface area contributed by atoms with E-state index in [9.17, 15) is 51.9 Å². The topological polar surface area (TPSA) is 472 Å². The third kappa shape index (κ3) is 11.7. The van der Waals surface area contributed by atoms with Crippen molar-refractivity contribution in [2.45, 2.75) is 19.6 Å². The first-order valence-corrected chi connectivity index (χ1v) is 25.6. The molecule has 0 spiro atoms. The summed E-state index contributed by atoms with van der Waals surface area (Å²) < 4.78 is 138. The van der Waals surface area contributed by atoms with Gasteiger partial charge in [-0.25, -0.2) is 0 Å². The van der Waals surface area contributed by atoms with Crippen LogP contribution < -0.4 is 34.4 Å². The lowest BCUT2D eigenvalue weighted by Gasteiger charge is -2.11. The molecule has 0 saturated carbocycles. The number of nitrogen functional groups attached to an aromatic ring is 6. The van der Waals surface area contributed by atoms with E-state index in [2.05, 4.69) is 40.9 Å². The molecule has 0 aromatic heterocycles. The van der Waals surface area contributed by atoms with Crippen LogP contribution in [0.2, 0.25) is 0 Å². The molecule has 72 heavy (non-hydrogen) atoms. The molecule has 0 unspecified atom stereocenters. The summed E-state index contributed by atoms with van der Waals surface area (Å²) in [6.45, 7) is 0. The molecular formula is C42H36N14O12S4. The number of benzene rings is 7. The minimum absolute atomic E-state index is 0.0274. The van der Waals surface area contributed by atoms with Gasteiger partial charge in [-0.1, -0.05) is 36.4 Å². The zero-order chi connectivity index (χ0) is 52.5. The molecule has 0 aliphatic heterocycles. The molecule has 0 radical (unpaired) electrons. The molecule has 0 bridgehead atoms. The Bertz CT molecular complexity index is 3930. The van der Waals surface area contributed by atoms with Crippen molar-refractivity contribution < 1.29 is 51.9 Å². The standard InChI is InChI=1S/C42H36N14O12S4/c43-23-5-14-33(30(44)15-23)53-51-26-10-12-28(36(16-26)69(57,58)59)22-3-8-25(9-4-22)50-55-35-20-39(72(66,67)68)41(48)42(40(35)47)56-52-27-11-13-29(37(17-27)70(60,61)62)21-1-6-24(7-2-21)49-54-34-19-38(71(63,64)65)32(46)18-31(34)45/h1-20H,43-48H2,(H,57,58,59)(H,60,61,62)(H,63,64,65)(H,66,67,68). The summed E-state index contributed by atoms with van der Waals surface area (Å²) in [7, 11) is -19.6. The second-order valence-electron chi connectivity index (χ2n) is 15.0. The summed E-state index contributed by atoms with van der Waals surface area (Å²) in [5, 5.41) is 31.9. The highest BCUT2D eigenvalue weighted by Gasteiger charge is 2.24. The van der Waals surface area contributed by atoms with Gasteiger partial charge in [0, 0.05) is 16.8 Å². The monoisotopic (exact) mass is 1060 g/mol. The van der Waals surface area contributed by atoms with Crippen LogP contribution in [-0.2, 0) is 40.5 Å². The number of nitrogens with zero attached hydrogens (tertiary/aromatic N) is 8. The average Bonchev–Trinajstić information content (AvgIpc) is 3.29. The van der Waals surface area contributed by atoms with Crippen LogP contribution in [0.1, 0.15) is 0 Å². The van der Waals surface area contributed by atoms with E-state index in [0.717, 1.165) is 30.3 Å². The zero-order valence-electron chi connectivity index (χ0n) is 36.3. The molecule has 0 amide bonds. The average molecular weight is 1060 g/mol. The van der Waals surface area contributed by atoms with Crippen molar-refractivity contribution in [2.24, 2.45) is 40.9 Å². The highest BCUT2D eigenvalue weighted by atomic mass is 32.2. The van der Waals surface area contributed by atoms with E-state index < -0.39 is 77.1 Å². The highest BCUT2D eigenvalue weighted by molar-refractivity contribution is 7.86. The number of azo groups is 4. The van der Waals surface area contributed by atoms with Crippen LogP contribution in [-0.4, -0.2) is 51.9 Å². The smallest absolute Gasteiger partial charge is 0.296 e. The molecular weight excluding hydrogens is 1020 g/mol. The van der Waals surface area contributed by atoms with Crippen LogP contribution in [0.25, 0.3) is 22.3 Å². The van der Waals surface area contributed by atoms with E-state index in [-0.39, 0.29) is 73.6 Å². The van der Waals surface area contributed by atoms with Gasteiger partial charge in [0.05, 0.1) is 51.2 Å². The Labute approximate surface area is 408 Å². The molecule has 0 saturated heterocycles. The molecule has 0 aliphatic carbocycles. The second kappa shape index (κ2) is 19.6. The Morgan fingerprint density at radius 1 is 0.319 bits per heavy atom. The van der Waals surface area contributed by atoms with Gasteiger partial charge in [-0.15, -0.1) is 20.5 Å². The first-order chi connectivity index (χ1) is 33.7. The molecule has 7 rings (SSSR count). The van der Waals surface area contributed by atoms with Crippen LogP contribution in [0, 0.1) is 0 Å². The largest absolute Gasteiger partial charge is 0.399 e. The van der Waals surface area contributed by atoms with E-state index in [1.54, 1.807) is 6.07 Å². The lowest BCUT2D eigenvalue weighted by Crippen LogP contribution is -2.05. The first-order valence-electron chi connectivity index (χ1n) is 19.8. The number of rotatable bonds is 14. The fraction of sp³-hybridized carbons (Fsp3) is 0. The molecule has 16 N–H and O–H groups in total. The van der Waals surface area contributed by atoms with Crippen molar-refractivity contribution in [3.63, 3.8) is 0 Å². The first kappa shape index (κ1) is 51.2. The molecule has 0 heterocycles. The maximum absolute atomic E-state index is 12.6. The fourth-order valence-corrected chi connectivity index (χ4v) is 9.27. The lowest BCUT2D eigenvalue weighted by atomic mass is 10.0. The Morgan fingerprint density at radius 3 is 1.19 bits per heavy atom. The van der Waals surface area contributed by atoms with E-state index in [0.29, 0.717) is 11.3 Å². The summed E-state index contributed by atoms with van der Waals surface area (Å²) in [5.41, 5.74) is 34.6. The zero-order valence-corrected chi connectivity index (χ0v) is 39.5. The van der Waals surface area contributed by atoms with E-state index in [1.807, 2.05) is 0 Å². The van der Waals surface area contributed by atoms with Gasteiger partial charge < -0.3 is 34.4 Å². The third-order valence-corrected chi connectivity index (χ3v) is 13.6. The van der Waals surface area contributed by atoms with E-state index in [4.69, 9.17) is 34.4 Å². The van der Waals surface area contributed by atoms with Crippen molar-refractivity contribution in [3.05, 3.63) is 121 Å². The summed E-state index contributed by atoms with van der Waals surface area (Å²) in [6.07, 6.45) is 0. The molecule has 370 valence electrons. The van der Waals surface area contributed by atoms with Gasteiger partial charge in [-0.2, -0.15) is 54.1 Å². The van der Waals surface area contributed by atoms with Crippen molar-refractivity contribution in [1.82, 2.24) is 0 Å². The third-order valence-electron chi connectivity index (χ3n) is 10.0. The molecule has 26 nitrogen and oxygen atoms in total. The van der Waals surface area contributed by atoms with Gasteiger partial charge in [-0.05, 0) is 96.1 Å². The van der Waals surface area contributed by atoms with Crippen LogP contribution in [0.15, 0.2) is 182 Å². The maximum Gasteiger partial charge on any atom is 0.296 e. The summed E-state index contributed by atoms with van der Waals surface area (Å²) >= 11 is 0. The number of anilines is 6. The van der Waals surface area contributed by atoms with Crippen molar-refractivity contribution >= 4 is 120 Å². The Balaban J connectivity index is 1.15. The number of hydrogen-bond donors (Lipinski definition) is 10. The summed E-state index contributed by atoms with van der Waals surface area (Å²) in [6, 6.07) is 26.0. The van der Waals surface area contributed by atoms with Gasteiger partial charge in [0.2, 0.25) is 0 Å². The minimum atomic E-state index is -5.07. The van der Waals surface area contributed by atoms with Gasteiger partial charge >= 0.3 is 0 Å². The predicted molar refractivity (Wildman–Crippen MR) is 266 cm³/mol. The van der Waals surface area contributed by atoms with Crippen molar-refractivity contribution in [3.8, 4) is 22.3 Å². The molecule has 7 aromatic carbocycles. The van der Waals surface area contributed by atoms with E-state index >= 15 is 0 Å². The second-order valence-corrected chi connectivity index (χ2v) is 20.6. The van der Waals surface area contributed by atoms with Crippen LogP contribution in [0.4, 0.5) is 79.6 Å². The maximum atomic E-state index is 12.6. The van der Waals surface area contributed by atoms with Crippen molar-refractivity contribution in [1.29, 1.82) is 0 Å². The number of nitrogens with two attached hydrogens (primary N) is 6. The van der Waals surface area contributed by atoms with Gasteiger partial charge in [-0.3, -0.25) is 18.2 Å². The summed E-state index contributed by atoms with van der Waals surface area (Å²) in [4.78, 5) is -2.69. The lowest BCUT2D eigenvalue weighted by molar-refractivity contribution is 0.481. The Hall–Kier alpha value is -8.62. The highest BCUT2D eigenvalue weighted by Crippen LogP contribution is 2.44. The molecule has 0 atom stereocenters. The SMILES string of the molecule is Nc1ccc(N=Nc2ccc(-c3ccc(N=Nc4cc(S(=O)(=O)O)c(N)c(N=Nc5ccc(-c6ccc(N=Nc7cc(S(=O)(=O)O)c(N)cc7N)cc6)c(S(=O)(=O)O)c5)c4N)cc3)c(S(=O)(=O)O)c2)c(N)c1. The molecule has 7 aromatic rings. The Kier molecular flexibility index (Phi) is 14.0. The molecule has 0 fully saturated rings. The van der Waals surface area contributed by atoms with Crippen LogP contribution in [0.3, 0.4) is 0 Å². The number of hydrogen-bond acceptors (Lipinski definition) is 22. The van der Waals surface area contributed by atoms with Gasteiger partial charge in [0.25, 0.3) is 40.5 Å². The molecule has 30 heteroatoms. The van der Waals surface area contributed by atoms with Crippen LogP contribution in [0.5, 0.6) is 0 Å². The normalized spacial score (nSPS) is 12.7. The Morgan fingerprint density at radius 2 is 0.722 bits per heavy atom.